The molecule has 1 heterocycles. The number of hydrogen-bond donors (Lipinski definition) is 0. The molecule has 0 unspecified atom stereocenters. The van der Waals surface area contributed by atoms with Crippen molar-refractivity contribution in [3.8, 4) is 0 Å². The van der Waals surface area contributed by atoms with E-state index in [-0.39, 0.29) is 54.1 Å². The summed E-state index contributed by atoms with van der Waals surface area (Å²) in [6, 6.07) is 4.38. The molecule has 0 fully saturated rings. The van der Waals surface area contributed by atoms with Gasteiger partial charge in [-0.1, -0.05) is 27.5 Å². The van der Waals surface area contributed by atoms with Gasteiger partial charge < -0.3 is 9.52 Å². The zero-order chi connectivity index (χ0) is 16.5. The van der Waals surface area contributed by atoms with Crippen molar-refractivity contribution >= 4 is 59.4 Å². The van der Waals surface area contributed by atoms with Crippen molar-refractivity contribution in [2.75, 3.05) is 0 Å². The molecular formula is C12H5Br2ClFN2NaO3S. The minimum atomic E-state index is -4.26. The topological polar surface area (TPSA) is 78.2 Å². The second-order valence-corrected chi connectivity index (χ2v) is 7.61. The third-order valence-electron chi connectivity index (χ3n) is 2.43. The Bertz CT molecular complexity index is 867. The van der Waals surface area contributed by atoms with Crippen LogP contribution in [-0.4, -0.2) is 19.3 Å². The van der Waals surface area contributed by atoms with Gasteiger partial charge in [-0.2, -0.15) is 0 Å². The van der Waals surface area contributed by atoms with Crippen LogP contribution in [0.4, 0.5) is 4.39 Å². The molecule has 0 saturated heterocycles. The van der Waals surface area contributed by atoms with Gasteiger partial charge in [-0.05, 0) is 40.2 Å². The molecule has 2 rings (SSSR count). The van der Waals surface area contributed by atoms with E-state index >= 15 is 0 Å². The smallest absolute Gasteiger partial charge is 0.537 e. The summed E-state index contributed by atoms with van der Waals surface area (Å²) in [5.74, 6) is -1.60. The van der Waals surface area contributed by atoms with E-state index in [1.807, 2.05) is 0 Å². The Kier molecular flexibility index (Phi) is 7.65. The van der Waals surface area contributed by atoms with Crippen molar-refractivity contribution < 1.29 is 47.2 Å². The Morgan fingerprint density at radius 2 is 1.87 bits per heavy atom. The molecule has 0 aliphatic carbocycles. The molecule has 116 valence electrons. The minimum absolute atomic E-state index is 0. The average molecular weight is 494 g/mol. The average Bonchev–Trinajstić information content (AvgIpc) is 2.40. The molecule has 0 radical (unpaired) electrons. The molecule has 0 aliphatic heterocycles. The molecule has 0 saturated carbocycles. The largest absolute Gasteiger partial charge is 1.00 e. The van der Waals surface area contributed by atoms with Gasteiger partial charge in [-0.3, -0.25) is 0 Å². The fraction of sp³-hybridized carbons (Fsp3) is 0. The van der Waals surface area contributed by atoms with Gasteiger partial charge in [0.2, 0.25) is 0 Å². The Labute approximate surface area is 175 Å². The van der Waals surface area contributed by atoms with Gasteiger partial charge in [0.1, 0.15) is 21.0 Å². The van der Waals surface area contributed by atoms with E-state index in [0.717, 1.165) is 24.4 Å². The molecular weight excluding hydrogens is 489 g/mol. The summed E-state index contributed by atoms with van der Waals surface area (Å²) in [4.78, 5) is 15.3. The predicted octanol–water partition coefficient (Wildman–Crippen LogP) is 1.31. The first-order valence-corrected chi connectivity index (χ1v) is 8.89. The molecule has 1 amide bonds. The molecule has 0 bridgehead atoms. The van der Waals surface area contributed by atoms with E-state index in [1.54, 1.807) is 0 Å². The minimum Gasteiger partial charge on any atom is -0.537 e. The summed E-state index contributed by atoms with van der Waals surface area (Å²) in [6.45, 7) is 0. The van der Waals surface area contributed by atoms with Gasteiger partial charge >= 0.3 is 29.6 Å². The fourth-order valence-electron chi connectivity index (χ4n) is 1.42. The van der Waals surface area contributed by atoms with E-state index in [2.05, 4.69) is 41.6 Å². The van der Waals surface area contributed by atoms with Crippen LogP contribution < -0.4 is 29.6 Å². The molecule has 23 heavy (non-hydrogen) atoms. The van der Waals surface area contributed by atoms with E-state index in [0.29, 0.717) is 0 Å². The van der Waals surface area contributed by atoms with Crippen molar-refractivity contribution in [3.63, 3.8) is 0 Å². The van der Waals surface area contributed by atoms with Gasteiger partial charge in [0, 0.05) is 16.2 Å². The number of rotatable bonds is 3. The maximum Gasteiger partial charge on any atom is 1.00 e. The normalized spacial score (nSPS) is 10.8. The van der Waals surface area contributed by atoms with E-state index in [1.165, 1.54) is 6.07 Å². The van der Waals surface area contributed by atoms with Crippen molar-refractivity contribution in [2.45, 2.75) is 4.90 Å². The Morgan fingerprint density at radius 1 is 1.22 bits per heavy atom. The number of halogens is 4. The zero-order valence-electron chi connectivity index (χ0n) is 11.4. The van der Waals surface area contributed by atoms with Crippen LogP contribution in [-0.2, 0) is 10.0 Å². The first kappa shape index (κ1) is 21.0. The van der Waals surface area contributed by atoms with Crippen molar-refractivity contribution in [3.05, 3.63) is 60.7 Å². The van der Waals surface area contributed by atoms with Crippen LogP contribution in [0, 0.1) is 5.82 Å². The number of pyridine rings is 1. The third-order valence-corrected chi connectivity index (χ3v) is 5.45. The summed E-state index contributed by atoms with van der Waals surface area (Å²) >= 11 is 11.7. The van der Waals surface area contributed by atoms with Gasteiger partial charge in [-0.25, -0.2) is 17.8 Å². The number of aromatic nitrogens is 1. The molecule has 0 N–H and O–H groups in total. The Hall–Kier alpha value is -0.0300. The second-order valence-electron chi connectivity index (χ2n) is 3.94. The molecule has 0 spiro atoms. The van der Waals surface area contributed by atoms with Gasteiger partial charge in [0.15, 0.2) is 0 Å². The predicted molar refractivity (Wildman–Crippen MR) is 85.9 cm³/mol. The number of carbonyl (C=O) groups excluding carboxylic acids is 1. The van der Waals surface area contributed by atoms with E-state index in [4.69, 9.17) is 11.6 Å². The Balaban J connectivity index is 0.00000264. The third kappa shape index (κ3) is 5.22. The summed E-state index contributed by atoms with van der Waals surface area (Å²) in [7, 11) is -4.26. The number of amides is 1. The molecule has 1 aromatic carbocycles. The maximum absolute atomic E-state index is 13.0. The van der Waals surface area contributed by atoms with Crippen LogP contribution in [0.3, 0.4) is 0 Å². The van der Waals surface area contributed by atoms with Gasteiger partial charge in [0.05, 0.1) is 15.3 Å². The molecule has 0 aliphatic rings. The second kappa shape index (κ2) is 8.37. The van der Waals surface area contributed by atoms with Crippen LogP contribution >= 0.6 is 43.5 Å². The van der Waals surface area contributed by atoms with Crippen molar-refractivity contribution in [2.24, 2.45) is 0 Å². The molecule has 5 nitrogen and oxygen atoms in total. The number of carbonyl (C=O) groups is 1. The van der Waals surface area contributed by atoms with Crippen molar-refractivity contribution in [1.29, 1.82) is 0 Å². The number of nitrogens with zero attached hydrogens (tertiary/aromatic N) is 2. The maximum atomic E-state index is 13.0. The van der Waals surface area contributed by atoms with Crippen LogP contribution in [0.25, 0.3) is 4.72 Å². The number of benzene rings is 1. The number of sulfonamides is 1. The first-order chi connectivity index (χ1) is 10.2. The van der Waals surface area contributed by atoms with Crippen molar-refractivity contribution in [1.82, 2.24) is 4.98 Å². The van der Waals surface area contributed by atoms with Crippen LogP contribution in [0.2, 0.25) is 5.15 Å². The monoisotopic (exact) mass is 492 g/mol. The summed E-state index contributed by atoms with van der Waals surface area (Å²) < 4.78 is 40.7. The molecule has 1 aromatic heterocycles. The fourth-order valence-corrected chi connectivity index (χ4v) is 3.42. The van der Waals surface area contributed by atoms with Gasteiger partial charge in [0.25, 0.3) is 0 Å². The van der Waals surface area contributed by atoms with Crippen LogP contribution in [0.1, 0.15) is 10.4 Å². The molecule has 2 aromatic rings. The van der Waals surface area contributed by atoms with E-state index in [9.17, 15) is 17.6 Å². The first-order valence-electron chi connectivity index (χ1n) is 5.49. The zero-order valence-corrected chi connectivity index (χ0v) is 18.2. The summed E-state index contributed by atoms with van der Waals surface area (Å²) in [6.07, 6.45) is 0.985. The quantitative estimate of drug-likeness (QED) is 0.476. The molecule has 11 heteroatoms. The standard InChI is InChI=1S/C12H6Br2ClFN2O3S.Na/c13-9-3-6(16)1-2-8(9)12(19)18-22(20,21)7-4-10(14)11(15)17-5-7;/h1-5H,(H,18,19);/q;+1/p-1. The van der Waals surface area contributed by atoms with E-state index < -0.39 is 21.7 Å². The van der Waals surface area contributed by atoms with Crippen LogP contribution in [0.5, 0.6) is 0 Å². The van der Waals surface area contributed by atoms with Crippen LogP contribution in [0.15, 0.2) is 44.3 Å². The SMILES string of the molecule is O=C([N-]S(=O)(=O)c1cnc(Cl)c(Br)c1)c1ccc(F)cc1Br.[Na+]. The summed E-state index contributed by atoms with van der Waals surface area (Å²) in [5, 5.41) is 0.0755. The summed E-state index contributed by atoms with van der Waals surface area (Å²) in [5.41, 5.74) is -0.0778. The molecule has 0 atom stereocenters. The van der Waals surface area contributed by atoms with Gasteiger partial charge in [-0.15, -0.1) is 0 Å². The number of hydrogen-bond acceptors (Lipinski definition) is 4. The Morgan fingerprint density at radius 3 is 2.43 bits per heavy atom.